The second-order valence-corrected chi connectivity index (χ2v) is 28.4. The Morgan fingerprint density at radius 1 is 0.279 bits per heavy atom. The van der Waals surface area contributed by atoms with E-state index in [4.69, 9.17) is 37.0 Å². The number of carbonyl (C=O) groups is 4. The Bertz CT molecular complexity index is 2640. The predicted molar refractivity (Wildman–Crippen MR) is 426 cm³/mol. The number of aliphatic hydroxyl groups excluding tert-OH is 1. The molecule has 3 N–H and O–H groups in total. The first-order valence-corrected chi connectivity index (χ1v) is 42.4. The minimum atomic E-state index is -5.01. The van der Waals surface area contributed by atoms with Crippen LogP contribution in [0.15, 0.2) is 170 Å². The zero-order chi connectivity index (χ0) is 76.0. The van der Waals surface area contributed by atoms with Gasteiger partial charge in [0, 0.05) is 25.7 Å². The third-order valence-electron chi connectivity index (χ3n) is 15.6. The first-order chi connectivity index (χ1) is 50.7. The van der Waals surface area contributed by atoms with E-state index in [0.717, 1.165) is 154 Å². The minimum absolute atomic E-state index is 0.0283. The van der Waals surface area contributed by atoms with Crippen LogP contribution in [0.1, 0.15) is 285 Å². The second kappa shape index (κ2) is 75.6. The van der Waals surface area contributed by atoms with E-state index in [1.165, 1.54) is 38.5 Å². The molecule has 0 saturated carbocycles. The lowest BCUT2D eigenvalue weighted by Crippen LogP contribution is -2.30. The van der Waals surface area contributed by atoms with Gasteiger partial charge in [-0.2, -0.15) is 0 Å². The third kappa shape index (κ3) is 74.7. The molecule has 0 aliphatic carbocycles. The molecule has 104 heavy (non-hydrogen) atoms. The van der Waals surface area contributed by atoms with Gasteiger partial charge in [0.05, 0.1) is 26.4 Å². The first kappa shape index (κ1) is 98.4. The average molecular weight is 1490 g/mol. The highest BCUT2D eigenvalue weighted by Gasteiger charge is 2.30. The molecule has 5 atom stereocenters. The molecule has 0 radical (unpaired) electrons. The normalized spacial score (nSPS) is 14.8. The van der Waals surface area contributed by atoms with Gasteiger partial charge in [0.2, 0.25) is 0 Å². The predicted octanol–water partition coefficient (Wildman–Crippen LogP) is 23.0. The van der Waals surface area contributed by atoms with Gasteiger partial charge in [-0.3, -0.25) is 37.3 Å². The number of ether oxygens (including phenoxy) is 4. The Kier molecular flexibility index (Phi) is 71.6. The van der Waals surface area contributed by atoms with E-state index < -0.39 is 97.5 Å². The molecule has 0 rings (SSSR count). The summed E-state index contributed by atoms with van der Waals surface area (Å²) in [7, 11) is -10.0. The van der Waals surface area contributed by atoms with Gasteiger partial charge in [-0.25, -0.2) is 9.13 Å². The fourth-order valence-electron chi connectivity index (χ4n) is 9.72. The smallest absolute Gasteiger partial charge is 0.462 e. The van der Waals surface area contributed by atoms with Crippen molar-refractivity contribution in [2.24, 2.45) is 0 Å². The van der Waals surface area contributed by atoms with Crippen molar-refractivity contribution in [2.75, 3.05) is 39.6 Å². The maximum Gasteiger partial charge on any atom is 0.472 e. The number of phosphoric acid groups is 2. The minimum Gasteiger partial charge on any atom is -0.462 e. The Labute approximate surface area is 629 Å². The maximum atomic E-state index is 13.1. The molecule has 5 unspecified atom stereocenters. The average Bonchev–Trinajstić information content (AvgIpc) is 0.911. The molecule has 0 fully saturated rings. The molecule has 0 bridgehead atoms. The van der Waals surface area contributed by atoms with Gasteiger partial charge in [0.25, 0.3) is 0 Å². The maximum absolute atomic E-state index is 13.1. The summed E-state index contributed by atoms with van der Waals surface area (Å²) < 4.78 is 68.4. The van der Waals surface area contributed by atoms with Crippen LogP contribution in [0.4, 0.5) is 0 Å². The Morgan fingerprint density at radius 3 is 0.904 bits per heavy atom. The van der Waals surface area contributed by atoms with E-state index in [1.54, 1.807) is 0 Å². The Hall–Kier alpha value is -5.58. The summed E-state index contributed by atoms with van der Waals surface area (Å²) in [5.41, 5.74) is 0. The molecule has 0 aromatic rings. The molecule has 17 nitrogen and oxygen atoms in total. The van der Waals surface area contributed by atoms with Crippen LogP contribution < -0.4 is 0 Å². The van der Waals surface area contributed by atoms with Crippen molar-refractivity contribution < 1.29 is 80.2 Å². The lowest BCUT2D eigenvalue weighted by Gasteiger charge is -2.21. The van der Waals surface area contributed by atoms with Gasteiger partial charge in [0.15, 0.2) is 12.2 Å². The molecule has 0 aliphatic heterocycles. The van der Waals surface area contributed by atoms with Crippen LogP contribution in [0, 0.1) is 0 Å². The van der Waals surface area contributed by atoms with Crippen molar-refractivity contribution in [3.05, 3.63) is 170 Å². The summed E-state index contributed by atoms with van der Waals surface area (Å²) in [5.74, 6) is -2.38. The number of allylic oxidation sites excluding steroid dienone is 28. The summed E-state index contributed by atoms with van der Waals surface area (Å²) in [6.45, 7) is 4.38. The monoisotopic (exact) mass is 1490 g/mol. The first-order valence-electron chi connectivity index (χ1n) is 39.4. The lowest BCUT2D eigenvalue weighted by molar-refractivity contribution is -0.161. The third-order valence-corrected chi connectivity index (χ3v) is 17.5. The summed E-state index contributed by atoms with van der Waals surface area (Å²) in [4.78, 5) is 72.9. The number of phosphoric ester groups is 2. The fourth-order valence-corrected chi connectivity index (χ4v) is 11.3. The molecule has 0 saturated heterocycles. The van der Waals surface area contributed by atoms with Crippen LogP contribution in [0.2, 0.25) is 0 Å². The molecule has 0 aliphatic rings. The van der Waals surface area contributed by atoms with Crippen LogP contribution in [0.3, 0.4) is 0 Å². The Balaban J connectivity index is 5.49. The number of unbranched alkanes of at least 4 members (excludes halogenated alkanes) is 18. The molecule has 0 amide bonds. The van der Waals surface area contributed by atoms with Gasteiger partial charge in [-0.1, -0.05) is 275 Å². The molecule has 0 heterocycles. The van der Waals surface area contributed by atoms with E-state index in [1.807, 2.05) is 30.4 Å². The topological polar surface area (TPSA) is 237 Å². The highest BCUT2D eigenvalue weighted by atomic mass is 31.2. The van der Waals surface area contributed by atoms with Gasteiger partial charge in [-0.15, -0.1) is 0 Å². The summed E-state index contributed by atoms with van der Waals surface area (Å²) in [5, 5.41) is 10.6. The SMILES string of the molecule is CC/C=C\C/C=C\C/C=C\C/C=C\C/C=C\C/C=C\CCC(=O)OCC(COP(=O)(O)OCC(O)COP(=O)(O)OCC(COC(=O)CCC/C=C\C/C=C\C/C=C\C/C=C\C/C=C\CC)OC(=O)CCCCCCC/C=C\C/C=C\CCC)OC(=O)CCCCCCC/C=C\CCCCCCCC. The summed E-state index contributed by atoms with van der Waals surface area (Å²) in [6, 6.07) is 0. The highest BCUT2D eigenvalue weighted by molar-refractivity contribution is 7.47. The molecule has 0 aromatic carbocycles. The van der Waals surface area contributed by atoms with Crippen LogP contribution in [0.5, 0.6) is 0 Å². The number of esters is 4. The van der Waals surface area contributed by atoms with Crippen molar-refractivity contribution in [1.82, 2.24) is 0 Å². The molecular formula is C85H138O17P2. The van der Waals surface area contributed by atoms with Gasteiger partial charge in [0.1, 0.15) is 19.3 Å². The molecule has 19 heteroatoms. The van der Waals surface area contributed by atoms with E-state index in [-0.39, 0.29) is 25.7 Å². The molecular weight excluding hydrogens is 1350 g/mol. The van der Waals surface area contributed by atoms with Gasteiger partial charge >= 0.3 is 39.5 Å². The molecule has 0 aromatic heterocycles. The van der Waals surface area contributed by atoms with Gasteiger partial charge < -0.3 is 33.8 Å². The highest BCUT2D eigenvalue weighted by Crippen LogP contribution is 2.45. The van der Waals surface area contributed by atoms with Gasteiger partial charge in [-0.05, 0) is 154 Å². The van der Waals surface area contributed by atoms with Crippen LogP contribution >= 0.6 is 15.6 Å². The van der Waals surface area contributed by atoms with E-state index >= 15 is 0 Å². The zero-order valence-electron chi connectivity index (χ0n) is 64.4. The van der Waals surface area contributed by atoms with Crippen molar-refractivity contribution in [3.63, 3.8) is 0 Å². The molecule has 0 spiro atoms. The largest absolute Gasteiger partial charge is 0.472 e. The number of hydrogen-bond donors (Lipinski definition) is 3. The van der Waals surface area contributed by atoms with E-state index in [2.05, 4.69) is 167 Å². The van der Waals surface area contributed by atoms with E-state index in [9.17, 15) is 43.2 Å². The summed E-state index contributed by atoms with van der Waals surface area (Å²) >= 11 is 0. The number of aliphatic hydroxyl groups is 1. The quantitative estimate of drug-likeness (QED) is 0.0169. The van der Waals surface area contributed by atoms with Crippen molar-refractivity contribution in [2.45, 2.75) is 303 Å². The lowest BCUT2D eigenvalue weighted by atomic mass is 10.1. The van der Waals surface area contributed by atoms with Crippen molar-refractivity contribution in [1.29, 1.82) is 0 Å². The standard InChI is InChI=1S/C85H138O17P2/c1-5-9-13-17-21-25-29-33-36-38-39-41-44-47-50-54-58-62-66-70-83(88)96-76-81(102-85(90)72-68-64-60-56-52-48-42-35-31-27-23-19-15-11-7-3)78-100-104(93,94)98-74-79(86)73-97-103(91,92)99-77-80(101-84(89)71-67-63-59-55-51-45-32-28-24-20-16-12-8-4)75-95-82(87)69-65-61-57-53-49-46-43-40-37-34-30-26-22-18-14-10-6-2/h9-10,13-14,16,20-22,25-26,28,32-37,39,41-43,46-47,50,53,57-58,62,79-81,86H,5-8,11-12,15,17-19,23-24,27,29-31,38,40,44-45,48-49,51-52,54-56,59-61,63-78H2,1-4H3,(H,91,92)(H,93,94)/b13-9-,14-10-,20-16-,25-21-,26-22-,32-28-,36-33-,37-34-,41-39-,42-35-,46-43-,50-47-,57-53-,62-58-. The fraction of sp³-hybridized carbons (Fsp3) is 0.624. The van der Waals surface area contributed by atoms with Crippen molar-refractivity contribution in [3.8, 4) is 0 Å². The van der Waals surface area contributed by atoms with Crippen LogP contribution in [-0.4, -0.2) is 96.7 Å². The molecule has 590 valence electrons. The van der Waals surface area contributed by atoms with Crippen LogP contribution in [-0.2, 0) is 65.4 Å². The van der Waals surface area contributed by atoms with Crippen molar-refractivity contribution >= 4 is 39.5 Å². The second-order valence-electron chi connectivity index (χ2n) is 25.5. The number of carbonyl (C=O) groups excluding carboxylic acids is 4. The number of rotatable bonds is 72. The summed E-state index contributed by atoms with van der Waals surface area (Å²) in [6.07, 6.45) is 89.3. The van der Waals surface area contributed by atoms with Crippen LogP contribution in [0.25, 0.3) is 0 Å². The van der Waals surface area contributed by atoms with E-state index in [0.29, 0.717) is 38.5 Å². The number of hydrogen-bond acceptors (Lipinski definition) is 15. The zero-order valence-corrected chi connectivity index (χ0v) is 66.2. The Morgan fingerprint density at radius 2 is 0.548 bits per heavy atom.